The van der Waals surface area contributed by atoms with Crippen LogP contribution in [0.2, 0.25) is 5.02 Å². The van der Waals surface area contributed by atoms with Crippen LogP contribution in [-0.2, 0) is 19.4 Å². The zero-order valence-corrected chi connectivity index (χ0v) is 23.0. The van der Waals surface area contributed by atoms with Crippen molar-refractivity contribution in [3.05, 3.63) is 68.3 Å². The van der Waals surface area contributed by atoms with Crippen LogP contribution < -0.4 is 5.73 Å². The molecule has 1 spiro atoms. The molecule has 0 amide bonds. The van der Waals surface area contributed by atoms with E-state index >= 15 is 0 Å². The van der Waals surface area contributed by atoms with Gasteiger partial charge >= 0.3 is 0 Å². The van der Waals surface area contributed by atoms with Gasteiger partial charge in [0.2, 0.25) is 0 Å². The van der Waals surface area contributed by atoms with Crippen molar-refractivity contribution >= 4 is 46.4 Å². The number of likely N-dealkylation sites (N-methyl/N-ethyl adjacent to an activating group) is 1. The quantitative estimate of drug-likeness (QED) is 0.632. The van der Waals surface area contributed by atoms with E-state index in [9.17, 15) is 0 Å². The third-order valence-electron chi connectivity index (χ3n) is 7.66. The molecule has 2 aromatic rings. The van der Waals surface area contributed by atoms with Gasteiger partial charge in [-0.25, -0.2) is 20.0 Å². The Labute approximate surface area is 226 Å². The lowest BCUT2D eigenvalue weighted by molar-refractivity contribution is 0.135. The van der Waals surface area contributed by atoms with Crippen LogP contribution in [0.15, 0.2) is 52.1 Å². The lowest BCUT2D eigenvalue weighted by Gasteiger charge is -2.40. The first-order chi connectivity index (χ1) is 17.8. The number of amidine groups is 1. The van der Waals surface area contributed by atoms with Crippen molar-refractivity contribution in [2.24, 2.45) is 15.4 Å². The van der Waals surface area contributed by atoms with E-state index < -0.39 is 0 Å². The molecule has 3 aliphatic heterocycles. The zero-order chi connectivity index (χ0) is 25.7. The summed E-state index contributed by atoms with van der Waals surface area (Å²) in [4.78, 5) is 27.0. The second kappa shape index (κ2) is 9.38. The molecule has 37 heavy (non-hydrogen) atoms. The summed E-state index contributed by atoms with van der Waals surface area (Å²) in [5.74, 6) is 2.89. The number of nitrogens with two attached hydrogens (primary N) is 1. The summed E-state index contributed by atoms with van der Waals surface area (Å²) >= 11 is 8.38. The number of anilines is 1. The predicted molar refractivity (Wildman–Crippen MR) is 152 cm³/mol. The highest BCUT2D eigenvalue weighted by Crippen LogP contribution is 2.47. The largest absolute Gasteiger partial charge is 0.382 e. The maximum Gasteiger partial charge on any atom is 0.142 e. The zero-order valence-electron chi connectivity index (χ0n) is 21.4. The maximum atomic E-state index is 6.47. The Kier molecular flexibility index (Phi) is 6.17. The van der Waals surface area contributed by atoms with Crippen molar-refractivity contribution in [3.8, 4) is 0 Å². The third-order valence-corrected chi connectivity index (χ3v) is 9.14. The van der Waals surface area contributed by atoms with Crippen LogP contribution in [0.5, 0.6) is 0 Å². The first-order valence-corrected chi connectivity index (χ1v) is 13.8. The molecule has 2 aromatic heterocycles. The smallest absolute Gasteiger partial charge is 0.142 e. The van der Waals surface area contributed by atoms with Crippen LogP contribution in [0.3, 0.4) is 0 Å². The number of fused-ring (bicyclic) bond motifs is 3. The van der Waals surface area contributed by atoms with Gasteiger partial charge < -0.3 is 20.4 Å². The van der Waals surface area contributed by atoms with Gasteiger partial charge in [-0.1, -0.05) is 11.6 Å². The van der Waals surface area contributed by atoms with Gasteiger partial charge in [-0.15, -0.1) is 11.3 Å². The molecule has 1 saturated heterocycles. The number of piperidine rings is 1. The second-order valence-electron chi connectivity index (χ2n) is 10.5. The van der Waals surface area contributed by atoms with Crippen LogP contribution in [0, 0.1) is 5.41 Å². The van der Waals surface area contributed by atoms with Crippen molar-refractivity contribution in [1.29, 1.82) is 0 Å². The third kappa shape index (κ3) is 4.49. The normalized spacial score (nSPS) is 20.4. The maximum absolute atomic E-state index is 6.47. The first kappa shape index (κ1) is 24.3. The monoisotopic (exact) mass is 534 g/mol. The molecular weight excluding hydrogens is 504 g/mol. The van der Waals surface area contributed by atoms with Crippen molar-refractivity contribution in [3.63, 3.8) is 0 Å². The Hall–Kier alpha value is -3.01. The molecule has 5 heterocycles. The number of nitrogens with zero attached hydrogens (tertiary/aromatic N) is 7. The summed E-state index contributed by atoms with van der Waals surface area (Å²) < 4.78 is 0. The summed E-state index contributed by atoms with van der Waals surface area (Å²) in [6, 6.07) is 1.86. The van der Waals surface area contributed by atoms with Crippen molar-refractivity contribution in [2.45, 2.75) is 32.2 Å². The van der Waals surface area contributed by atoms with E-state index in [1.807, 2.05) is 53.8 Å². The molecule has 0 atom stereocenters. The molecule has 192 valence electrons. The van der Waals surface area contributed by atoms with E-state index in [2.05, 4.69) is 28.9 Å². The summed E-state index contributed by atoms with van der Waals surface area (Å²) in [7, 11) is 6.19. The number of aromatic nitrogens is 2. The Morgan fingerprint density at radius 2 is 2.00 bits per heavy atom. The lowest BCUT2D eigenvalue weighted by Crippen LogP contribution is -2.40. The summed E-state index contributed by atoms with van der Waals surface area (Å²) in [5, 5.41) is 1.68. The van der Waals surface area contributed by atoms with E-state index in [-0.39, 0.29) is 0 Å². The number of hydrogen-bond donors (Lipinski definition) is 1. The molecule has 2 bridgehead atoms. The Morgan fingerprint density at radius 1 is 1.19 bits per heavy atom. The second-order valence-corrected chi connectivity index (χ2v) is 12.1. The van der Waals surface area contributed by atoms with Gasteiger partial charge in [0.15, 0.2) is 0 Å². The van der Waals surface area contributed by atoms with Crippen LogP contribution in [0.1, 0.15) is 34.0 Å². The van der Waals surface area contributed by atoms with Gasteiger partial charge in [0.1, 0.15) is 28.3 Å². The molecule has 1 fully saturated rings. The number of nitrogen functional groups attached to an aromatic ring is 1. The fourth-order valence-corrected chi connectivity index (χ4v) is 7.25. The van der Waals surface area contributed by atoms with Gasteiger partial charge in [0, 0.05) is 55.1 Å². The van der Waals surface area contributed by atoms with E-state index in [1.54, 1.807) is 6.20 Å². The minimum absolute atomic E-state index is 0.310. The number of thiazole rings is 1. The summed E-state index contributed by atoms with van der Waals surface area (Å²) in [5.41, 5.74) is 9.34. The summed E-state index contributed by atoms with van der Waals surface area (Å²) in [6.45, 7) is 2.91. The number of halogens is 1. The molecular formula is C27H31ClN8S. The summed E-state index contributed by atoms with van der Waals surface area (Å²) in [6.07, 6.45) is 14.1. The predicted octanol–water partition coefficient (Wildman–Crippen LogP) is 4.21. The van der Waals surface area contributed by atoms with Crippen LogP contribution >= 0.6 is 22.9 Å². The number of pyridine rings is 1. The fourth-order valence-electron chi connectivity index (χ4n) is 5.66. The average Bonchev–Trinajstić information content (AvgIpc) is 3.37. The molecule has 10 heteroatoms. The first-order valence-electron chi connectivity index (χ1n) is 12.6. The van der Waals surface area contributed by atoms with Gasteiger partial charge in [-0.3, -0.25) is 0 Å². The molecule has 4 aliphatic rings. The van der Waals surface area contributed by atoms with Crippen molar-refractivity contribution < 1.29 is 0 Å². The van der Waals surface area contributed by atoms with Gasteiger partial charge in [0.25, 0.3) is 0 Å². The average molecular weight is 535 g/mol. The number of aliphatic imine (C=N–C) groups is 2. The molecule has 0 unspecified atom stereocenters. The topological polar surface area (TPSA) is 86.2 Å². The Morgan fingerprint density at radius 3 is 2.76 bits per heavy atom. The fraction of sp³-hybridized carbons (Fsp3) is 0.407. The SMILES string of the molecule is CN(C)Cc1nc2c(s1)CC1(CCN(C3=CC=NC4=C(c5ccnc(N)c5Cl)C=CC(=N3)N4C)CC1)C2. The van der Waals surface area contributed by atoms with Crippen LogP contribution in [-0.4, -0.2) is 71.0 Å². The van der Waals surface area contributed by atoms with Gasteiger partial charge in [0.05, 0.1) is 10.7 Å². The number of allylic oxidation sites excluding steroid dienone is 3. The van der Waals surface area contributed by atoms with Gasteiger partial charge in [-0.2, -0.15) is 0 Å². The van der Waals surface area contributed by atoms with E-state index in [0.29, 0.717) is 16.3 Å². The minimum Gasteiger partial charge on any atom is -0.382 e. The number of rotatable bonds is 4. The van der Waals surface area contributed by atoms with E-state index in [4.69, 9.17) is 32.3 Å². The molecule has 1 aliphatic carbocycles. The molecule has 0 saturated carbocycles. The standard InChI is InChI=1S/C27H31ClN8S/c1-34(2)16-23-32-19-14-27(15-20(19)37-23)8-12-36(13-9-27)22-7-11-31-26-18(4-5-21(33-22)35(26)3)17-6-10-30-25(29)24(17)28/h4-7,10-11H,8-9,12-16H2,1-3H3,(H2,29,30). The highest BCUT2D eigenvalue weighted by atomic mass is 35.5. The Bertz CT molecular complexity index is 1370. The lowest BCUT2D eigenvalue weighted by atomic mass is 9.76. The van der Waals surface area contributed by atoms with Crippen molar-refractivity contribution in [2.75, 3.05) is 40.0 Å². The molecule has 2 N–H and O–H groups in total. The van der Waals surface area contributed by atoms with Gasteiger partial charge in [-0.05, 0) is 69.5 Å². The van der Waals surface area contributed by atoms with E-state index in [0.717, 1.165) is 67.5 Å². The Balaban J connectivity index is 1.19. The highest BCUT2D eigenvalue weighted by Gasteiger charge is 2.42. The number of likely N-dealkylation sites (tertiary alicyclic amines) is 1. The molecule has 0 radical (unpaired) electrons. The minimum atomic E-state index is 0.310. The molecule has 0 aromatic carbocycles. The molecule has 6 rings (SSSR count). The molecule has 8 nitrogen and oxygen atoms in total. The van der Waals surface area contributed by atoms with Crippen LogP contribution in [0.25, 0.3) is 5.57 Å². The highest BCUT2D eigenvalue weighted by molar-refractivity contribution is 7.11. The van der Waals surface area contributed by atoms with Crippen LogP contribution in [0.4, 0.5) is 5.82 Å². The number of hydrogen-bond acceptors (Lipinski definition) is 9. The van der Waals surface area contributed by atoms with Crippen molar-refractivity contribution in [1.82, 2.24) is 24.7 Å². The van der Waals surface area contributed by atoms with E-state index in [1.165, 1.54) is 22.0 Å².